The maximum atomic E-state index is 12.3. The normalized spacial score (nSPS) is 13.7. The van der Waals surface area contributed by atoms with Crippen LogP contribution >= 0.6 is 7.14 Å². The molecule has 0 aromatic rings. The molecule has 0 rings (SSSR count). The van der Waals surface area contributed by atoms with E-state index in [2.05, 4.69) is 13.0 Å². The van der Waals surface area contributed by atoms with Gasteiger partial charge in [-0.3, -0.25) is 0 Å². The van der Waals surface area contributed by atoms with Crippen molar-refractivity contribution in [3.8, 4) is 6.07 Å². The van der Waals surface area contributed by atoms with E-state index in [9.17, 15) is 4.57 Å². The average Bonchev–Trinajstić information content (AvgIpc) is 2.18. The first-order valence-electron chi connectivity index (χ1n) is 5.09. The lowest BCUT2D eigenvalue weighted by Gasteiger charge is -2.23. The van der Waals surface area contributed by atoms with Crippen LogP contribution in [0.3, 0.4) is 0 Å². The molecule has 76 valence electrons. The second-order valence-corrected chi connectivity index (χ2v) is 7.24. The molecule has 0 N–H and O–H groups in total. The maximum absolute atomic E-state index is 12.3. The molecule has 0 saturated carbocycles. The highest BCUT2D eigenvalue weighted by Gasteiger charge is 2.27. The van der Waals surface area contributed by atoms with Crippen LogP contribution in [-0.4, -0.2) is 18.0 Å². The van der Waals surface area contributed by atoms with E-state index < -0.39 is 7.14 Å². The largest absolute Gasteiger partial charge is 0.323 e. The van der Waals surface area contributed by atoms with Gasteiger partial charge in [-0.1, -0.05) is 20.8 Å². The Bertz CT molecular complexity index is 211. The lowest BCUT2D eigenvalue weighted by Crippen LogP contribution is -2.10. The van der Waals surface area contributed by atoms with Crippen LogP contribution in [0.15, 0.2) is 0 Å². The summed E-state index contributed by atoms with van der Waals surface area (Å²) in [5.74, 6) is 0. The van der Waals surface area contributed by atoms with Crippen molar-refractivity contribution in [2.45, 2.75) is 45.7 Å². The smallest absolute Gasteiger partial charge is 0.0901 e. The van der Waals surface area contributed by atoms with Gasteiger partial charge in [0.2, 0.25) is 0 Å². The Labute approximate surface area is 81.7 Å². The van der Waals surface area contributed by atoms with Crippen molar-refractivity contribution in [1.29, 1.82) is 5.26 Å². The van der Waals surface area contributed by atoms with E-state index in [-0.39, 0.29) is 5.66 Å². The fraction of sp³-hybridized carbons (Fsp3) is 0.900. The third-order valence-electron chi connectivity index (χ3n) is 2.80. The molecule has 1 unspecified atom stereocenters. The molecule has 1 atom stereocenters. The summed E-state index contributed by atoms with van der Waals surface area (Å²) in [5.41, 5.74) is 0.280. The molecule has 0 aliphatic heterocycles. The van der Waals surface area contributed by atoms with E-state index in [0.717, 1.165) is 25.2 Å². The molecule has 0 saturated heterocycles. The monoisotopic (exact) mass is 201 g/mol. The number of nitrogens with zero attached hydrogens (tertiary/aromatic N) is 1. The van der Waals surface area contributed by atoms with E-state index in [4.69, 9.17) is 5.26 Å². The van der Waals surface area contributed by atoms with Crippen LogP contribution in [0.1, 0.15) is 40.0 Å². The molecule has 0 aliphatic rings. The minimum absolute atomic E-state index is 0.280. The molecule has 0 bridgehead atoms. The van der Waals surface area contributed by atoms with E-state index in [0.29, 0.717) is 6.42 Å². The van der Waals surface area contributed by atoms with Crippen molar-refractivity contribution in [2.75, 3.05) is 12.3 Å². The second-order valence-electron chi connectivity index (χ2n) is 3.34. The third-order valence-corrected chi connectivity index (χ3v) is 6.89. The average molecular weight is 201 g/mol. The number of nitriles is 1. The van der Waals surface area contributed by atoms with Gasteiger partial charge in [-0.25, -0.2) is 0 Å². The van der Waals surface area contributed by atoms with E-state index in [1.807, 2.05) is 13.8 Å². The predicted octanol–water partition coefficient (Wildman–Crippen LogP) is 3.47. The first-order chi connectivity index (χ1) is 6.14. The summed E-state index contributed by atoms with van der Waals surface area (Å²) in [6, 6.07) is 2.13. The van der Waals surface area contributed by atoms with Crippen molar-refractivity contribution in [3.63, 3.8) is 0 Å². The zero-order valence-electron chi connectivity index (χ0n) is 8.92. The summed E-state index contributed by atoms with van der Waals surface area (Å²) in [6.45, 7) is 6.07. The Kier molecular flexibility index (Phi) is 6.08. The standard InChI is InChI=1S/C10H20NOP/c1-4-10(8-7-9-11)13(12,5-2)6-3/h10H,4-8H2,1-3H3. The van der Waals surface area contributed by atoms with Crippen molar-refractivity contribution in [3.05, 3.63) is 0 Å². The van der Waals surface area contributed by atoms with Gasteiger partial charge in [-0.05, 0) is 25.2 Å². The van der Waals surface area contributed by atoms with Gasteiger partial charge in [0.15, 0.2) is 0 Å². The predicted molar refractivity (Wildman–Crippen MR) is 57.6 cm³/mol. The van der Waals surface area contributed by atoms with Crippen LogP contribution in [0.5, 0.6) is 0 Å². The first-order valence-corrected chi connectivity index (χ1v) is 7.23. The van der Waals surface area contributed by atoms with Gasteiger partial charge in [-0.2, -0.15) is 5.26 Å². The molecule has 3 heteroatoms. The molecular formula is C10H20NOP. The molecule has 0 radical (unpaired) electrons. The van der Waals surface area contributed by atoms with Crippen molar-refractivity contribution < 1.29 is 4.57 Å². The van der Waals surface area contributed by atoms with Gasteiger partial charge in [0.1, 0.15) is 0 Å². The van der Waals surface area contributed by atoms with Crippen LogP contribution in [-0.2, 0) is 4.57 Å². The van der Waals surface area contributed by atoms with Crippen molar-refractivity contribution in [1.82, 2.24) is 0 Å². The van der Waals surface area contributed by atoms with Crippen molar-refractivity contribution in [2.24, 2.45) is 0 Å². The summed E-state index contributed by atoms with van der Waals surface area (Å²) in [4.78, 5) is 0. The number of hydrogen-bond acceptors (Lipinski definition) is 2. The van der Waals surface area contributed by atoms with Gasteiger partial charge in [0.25, 0.3) is 0 Å². The topological polar surface area (TPSA) is 40.9 Å². The molecule has 0 aromatic heterocycles. The van der Waals surface area contributed by atoms with E-state index in [1.54, 1.807) is 0 Å². The third kappa shape index (κ3) is 3.53. The van der Waals surface area contributed by atoms with Crippen LogP contribution in [0.2, 0.25) is 0 Å². The molecular weight excluding hydrogens is 181 g/mol. The highest BCUT2D eigenvalue weighted by molar-refractivity contribution is 7.64. The zero-order chi connectivity index (χ0) is 10.3. The molecule has 2 nitrogen and oxygen atoms in total. The quantitative estimate of drug-likeness (QED) is 0.617. The maximum Gasteiger partial charge on any atom is 0.0901 e. The summed E-state index contributed by atoms with van der Waals surface area (Å²) >= 11 is 0. The lowest BCUT2D eigenvalue weighted by molar-refractivity contribution is 0.556. The minimum atomic E-state index is -1.97. The van der Waals surface area contributed by atoms with Crippen LogP contribution in [0.25, 0.3) is 0 Å². The second kappa shape index (κ2) is 6.22. The highest BCUT2D eigenvalue weighted by Crippen LogP contribution is 2.52. The summed E-state index contributed by atoms with van der Waals surface area (Å²) in [5, 5.41) is 8.48. The van der Waals surface area contributed by atoms with E-state index in [1.165, 1.54) is 0 Å². The Morgan fingerprint density at radius 3 is 2.15 bits per heavy atom. The summed E-state index contributed by atoms with van der Waals surface area (Å²) < 4.78 is 12.3. The molecule has 0 amide bonds. The summed E-state index contributed by atoms with van der Waals surface area (Å²) in [7, 11) is -1.97. The van der Waals surface area contributed by atoms with Crippen molar-refractivity contribution >= 4 is 7.14 Å². The Morgan fingerprint density at radius 2 is 1.85 bits per heavy atom. The van der Waals surface area contributed by atoms with Gasteiger partial charge in [0.05, 0.1) is 13.2 Å². The number of hydrogen-bond donors (Lipinski definition) is 0. The first kappa shape index (κ1) is 12.7. The van der Waals surface area contributed by atoms with E-state index >= 15 is 0 Å². The molecule has 0 fully saturated rings. The molecule has 13 heavy (non-hydrogen) atoms. The van der Waals surface area contributed by atoms with Gasteiger partial charge in [-0.15, -0.1) is 0 Å². The lowest BCUT2D eigenvalue weighted by atomic mass is 10.2. The fourth-order valence-corrected chi connectivity index (χ4v) is 4.49. The molecule has 0 aromatic carbocycles. The minimum Gasteiger partial charge on any atom is -0.323 e. The van der Waals surface area contributed by atoms with Crippen LogP contribution in [0, 0.1) is 11.3 Å². The molecule has 0 aliphatic carbocycles. The highest BCUT2D eigenvalue weighted by atomic mass is 31.2. The zero-order valence-corrected chi connectivity index (χ0v) is 9.81. The number of rotatable bonds is 6. The Balaban J connectivity index is 4.37. The van der Waals surface area contributed by atoms with Crippen LogP contribution < -0.4 is 0 Å². The molecule has 0 spiro atoms. The van der Waals surface area contributed by atoms with Gasteiger partial charge < -0.3 is 4.57 Å². The SMILES string of the molecule is CCC(CCC#N)P(=O)(CC)CC. The summed E-state index contributed by atoms with van der Waals surface area (Å²) in [6.07, 6.45) is 3.87. The Hall–Kier alpha value is -0.280. The van der Waals surface area contributed by atoms with Gasteiger partial charge >= 0.3 is 0 Å². The molecule has 0 heterocycles. The van der Waals surface area contributed by atoms with Crippen LogP contribution in [0.4, 0.5) is 0 Å². The Morgan fingerprint density at radius 1 is 1.31 bits per heavy atom. The fourth-order valence-electron chi connectivity index (χ4n) is 1.74. The van der Waals surface area contributed by atoms with Gasteiger partial charge in [0, 0.05) is 12.1 Å².